The quantitative estimate of drug-likeness (QED) is 0.690. The van der Waals surface area contributed by atoms with Crippen molar-refractivity contribution in [3.8, 4) is 5.75 Å². The molecule has 0 saturated heterocycles. The molecule has 6 nitrogen and oxygen atoms in total. The number of methoxy groups -OCH3 is 1. The molecule has 0 saturated carbocycles. The monoisotopic (exact) mass is 409 g/mol. The van der Waals surface area contributed by atoms with Gasteiger partial charge in [0.05, 0.1) is 31.1 Å². The summed E-state index contributed by atoms with van der Waals surface area (Å²) in [5, 5.41) is 2.81. The number of carbonyl (C=O) groups excluding carboxylic acids is 2. The number of benzene rings is 1. The van der Waals surface area contributed by atoms with Gasteiger partial charge in [-0.25, -0.2) is 0 Å². The van der Waals surface area contributed by atoms with Crippen molar-refractivity contribution in [2.45, 2.75) is 13.5 Å². The van der Waals surface area contributed by atoms with Gasteiger partial charge in [-0.3, -0.25) is 14.5 Å². The van der Waals surface area contributed by atoms with Gasteiger partial charge in [0.1, 0.15) is 5.75 Å². The van der Waals surface area contributed by atoms with Crippen molar-refractivity contribution < 1.29 is 14.3 Å². The van der Waals surface area contributed by atoms with Crippen molar-refractivity contribution in [2.24, 2.45) is 0 Å². The molecule has 1 heterocycles. The van der Waals surface area contributed by atoms with Gasteiger partial charge in [-0.15, -0.1) is 11.3 Å². The lowest BCUT2D eigenvalue weighted by molar-refractivity contribution is -0.132. The van der Waals surface area contributed by atoms with E-state index in [0.717, 1.165) is 10.6 Å². The lowest BCUT2D eigenvalue weighted by Gasteiger charge is -2.23. The highest BCUT2D eigenvalue weighted by atomic mass is 35.5. The molecule has 1 aromatic carbocycles. The van der Waals surface area contributed by atoms with Crippen LogP contribution in [0.15, 0.2) is 36.4 Å². The Morgan fingerprint density at radius 1 is 1.15 bits per heavy atom. The second kappa shape index (κ2) is 10.3. The minimum atomic E-state index is -0.177. The number of nitrogens with one attached hydrogen (secondary N) is 1. The Balaban J connectivity index is 1.82. The molecule has 0 unspecified atom stereocenters. The summed E-state index contributed by atoms with van der Waals surface area (Å²) in [6, 6.07) is 10.8. The zero-order chi connectivity index (χ0) is 19.8. The molecule has 2 rings (SSSR count). The largest absolute Gasteiger partial charge is 0.497 e. The molecule has 1 N–H and O–H groups in total. The SMILES string of the molecule is CCN(Cc1ccc(Cl)s1)C(=O)CN(C)CC(=O)Nc1ccc(OC)cc1. The maximum Gasteiger partial charge on any atom is 0.238 e. The fourth-order valence-electron chi connectivity index (χ4n) is 2.51. The van der Waals surface area contributed by atoms with Gasteiger partial charge in [0.2, 0.25) is 11.8 Å². The summed E-state index contributed by atoms with van der Waals surface area (Å²) in [5.74, 6) is 0.521. The van der Waals surface area contributed by atoms with Crippen LogP contribution in [-0.4, -0.2) is 55.4 Å². The topological polar surface area (TPSA) is 61.9 Å². The second-order valence-corrected chi connectivity index (χ2v) is 7.86. The number of thiophene rings is 1. The first-order valence-corrected chi connectivity index (χ1v) is 9.75. The molecular formula is C19H24ClN3O3S. The van der Waals surface area contributed by atoms with Crippen LogP contribution in [0.4, 0.5) is 5.69 Å². The molecule has 0 aliphatic rings. The van der Waals surface area contributed by atoms with Crippen LogP contribution in [0.3, 0.4) is 0 Å². The zero-order valence-corrected chi connectivity index (χ0v) is 17.3. The number of halogens is 1. The number of carbonyl (C=O) groups is 2. The molecule has 1 aromatic heterocycles. The van der Waals surface area contributed by atoms with Gasteiger partial charge < -0.3 is 15.0 Å². The average molecular weight is 410 g/mol. The van der Waals surface area contributed by atoms with E-state index in [1.807, 2.05) is 19.1 Å². The minimum Gasteiger partial charge on any atom is -0.497 e. The fourth-order valence-corrected chi connectivity index (χ4v) is 3.61. The molecule has 0 aliphatic heterocycles. The van der Waals surface area contributed by atoms with Crippen LogP contribution in [-0.2, 0) is 16.1 Å². The highest BCUT2D eigenvalue weighted by Crippen LogP contribution is 2.22. The Morgan fingerprint density at radius 2 is 1.85 bits per heavy atom. The van der Waals surface area contributed by atoms with E-state index in [-0.39, 0.29) is 24.9 Å². The van der Waals surface area contributed by atoms with Crippen molar-refractivity contribution >= 4 is 40.4 Å². The summed E-state index contributed by atoms with van der Waals surface area (Å²) in [6.07, 6.45) is 0. The van der Waals surface area contributed by atoms with Gasteiger partial charge in [0.25, 0.3) is 0 Å². The van der Waals surface area contributed by atoms with E-state index in [4.69, 9.17) is 16.3 Å². The molecule has 0 atom stereocenters. The lowest BCUT2D eigenvalue weighted by Crippen LogP contribution is -2.41. The number of ether oxygens (including phenoxy) is 1. The Kier molecular flexibility index (Phi) is 8.09. The number of rotatable bonds is 9. The van der Waals surface area contributed by atoms with Crippen LogP contribution in [0.5, 0.6) is 5.75 Å². The van der Waals surface area contributed by atoms with Crippen molar-refractivity contribution in [3.05, 3.63) is 45.6 Å². The number of hydrogen-bond donors (Lipinski definition) is 1. The highest BCUT2D eigenvalue weighted by Gasteiger charge is 2.17. The normalized spacial score (nSPS) is 10.7. The van der Waals surface area contributed by atoms with Gasteiger partial charge in [-0.05, 0) is 50.4 Å². The van der Waals surface area contributed by atoms with Gasteiger partial charge in [-0.2, -0.15) is 0 Å². The van der Waals surface area contributed by atoms with E-state index in [0.29, 0.717) is 23.1 Å². The zero-order valence-electron chi connectivity index (χ0n) is 15.7. The molecule has 2 aromatic rings. The van der Waals surface area contributed by atoms with E-state index in [1.165, 1.54) is 11.3 Å². The van der Waals surface area contributed by atoms with E-state index >= 15 is 0 Å². The third-order valence-corrected chi connectivity index (χ3v) is 5.12. The number of hydrogen-bond acceptors (Lipinski definition) is 5. The number of nitrogens with zero attached hydrogens (tertiary/aromatic N) is 2. The van der Waals surface area contributed by atoms with Crippen molar-refractivity contribution in [3.63, 3.8) is 0 Å². The maximum absolute atomic E-state index is 12.5. The first kappa shape index (κ1) is 21.2. The molecule has 0 spiro atoms. The van der Waals surface area contributed by atoms with Crippen molar-refractivity contribution in [1.82, 2.24) is 9.80 Å². The number of likely N-dealkylation sites (N-methyl/N-ethyl adjacent to an activating group) is 2. The molecule has 0 bridgehead atoms. The molecule has 2 amide bonds. The molecular weight excluding hydrogens is 386 g/mol. The van der Waals surface area contributed by atoms with Gasteiger partial charge >= 0.3 is 0 Å². The van der Waals surface area contributed by atoms with Gasteiger partial charge in [0.15, 0.2) is 0 Å². The summed E-state index contributed by atoms with van der Waals surface area (Å²) in [6.45, 7) is 3.35. The summed E-state index contributed by atoms with van der Waals surface area (Å²) >= 11 is 7.41. The Morgan fingerprint density at radius 3 is 2.41 bits per heavy atom. The average Bonchev–Trinajstić information content (AvgIpc) is 3.04. The highest BCUT2D eigenvalue weighted by molar-refractivity contribution is 7.16. The molecule has 8 heteroatoms. The Labute approximate surface area is 168 Å². The molecule has 146 valence electrons. The lowest BCUT2D eigenvalue weighted by atomic mass is 10.3. The van der Waals surface area contributed by atoms with Crippen LogP contribution in [0.25, 0.3) is 0 Å². The van der Waals surface area contributed by atoms with E-state index < -0.39 is 0 Å². The smallest absolute Gasteiger partial charge is 0.238 e. The van der Waals surface area contributed by atoms with E-state index in [2.05, 4.69) is 5.32 Å². The molecule has 27 heavy (non-hydrogen) atoms. The third kappa shape index (κ3) is 6.86. The molecule has 0 radical (unpaired) electrons. The van der Waals surface area contributed by atoms with E-state index in [1.54, 1.807) is 48.2 Å². The van der Waals surface area contributed by atoms with Gasteiger partial charge in [-0.1, -0.05) is 11.6 Å². The van der Waals surface area contributed by atoms with Crippen LogP contribution in [0, 0.1) is 0 Å². The van der Waals surface area contributed by atoms with Crippen LogP contribution in [0.1, 0.15) is 11.8 Å². The summed E-state index contributed by atoms with van der Waals surface area (Å²) in [7, 11) is 3.34. The summed E-state index contributed by atoms with van der Waals surface area (Å²) in [5.41, 5.74) is 0.685. The second-order valence-electron chi connectivity index (χ2n) is 6.06. The summed E-state index contributed by atoms with van der Waals surface area (Å²) < 4.78 is 5.80. The van der Waals surface area contributed by atoms with Crippen LogP contribution < -0.4 is 10.1 Å². The number of anilines is 1. The minimum absolute atomic E-state index is 0.0261. The third-order valence-electron chi connectivity index (χ3n) is 3.90. The van der Waals surface area contributed by atoms with Crippen LogP contribution >= 0.6 is 22.9 Å². The first-order chi connectivity index (χ1) is 12.9. The maximum atomic E-state index is 12.5. The molecule has 0 fully saturated rings. The predicted molar refractivity (Wildman–Crippen MR) is 110 cm³/mol. The van der Waals surface area contributed by atoms with Crippen LogP contribution in [0.2, 0.25) is 4.34 Å². The Hall–Kier alpha value is -2.09. The van der Waals surface area contributed by atoms with Crippen molar-refractivity contribution in [1.29, 1.82) is 0 Å². The predicted octanol–water partition coefficient (Wildman–Crippen LogP) is 3.33. The first-order valence-electron chi connectivity index (χ1n) is 8.55. The standard InChI is InChI=1S/C19H24ClN3O3S/c1-4-23(11-16-9-10-17(20)27-16)19(25)13-22(2)12-18(24)21-14-5-7-15(26-3)8-6-14/h5-10H,4,11-13H2,1-3H3,(H,21,24). The fraction of sp³-hybridized carbons (Fsp3) is 0.368. The van der Waals surface area contributed by atoms with E-state index in [9.17, 15) is 9.59 Å². The Bertz CT molecular complexity index is 764. The number of amides is 2. The van der Waals surface area contributed by atoms with Crippen molar-refractivity contribution in [2.75, 3.05) is 39.1 Å². The summed E-state index contributed by atoms with van der Waals surface area (Å²) in [4.78, 5) is 29.2. The molecule has 0 aliphatic carbocycles. The van der Waals surface area contributed by atoms with Gasteiger partial charge in [0, 0.05) is 17.1 Å².